The monoisotopic (exact) mass is 589 g/mol. The Morgan fingerprint density at radius 2 is 1.52 bits per heavy atom. The van der Waals surface area contributed by atoms with Crippen LogP contribution in [0.5, 0.6) is 0 Å². The molecule has 2 heterocycles. The Balaban J connectivity index is 1.34. The lowest BCUT2D eigenvalue weighted by Crippen LogP contribution is -2.53. The number of halogens is 7. The first kappa shape index (κ1) is 29.5. The second kappa shape index (κ2) is 11.2. The highest BCUT2D eigenvalue weighted by Crippen LogP contribution is 2.50. The van der Waals surface area contributed by atoms with E-state index in [0.717, 1.165) is 18.2 Å². The van der Waals surface area contributed by atoms with Gasteiger partial charge in [-0.05, 0) is 35.2 Å². The van der Waals surface area contributed by atoms with Crippen molar-refractivity contribution in [2.24, 2.45) is 0 Å². The molecule has 2 amide bonds. The first-order chi connectivity index (χ1) is 18.7. The molecule has 3 aromatic rings. The standard InChI is InChI=1S/C26H22F7N3O3S/c27-19-14-17(5-8-20(19)34-22(37)21-2-1-13-40-21)23(38)36-11-9-35(10-12-36)15-16-3-6-18(7-4-16)24(39,25(28,29)30)26(31,32)33/h1-8,13-14,39H,9-12,15H2,(H,34,37). The van der Waals surface area contributed by atoms with Crippen LogP contribution in [0.15, 0.2) is 60.0 Å². The Kier molecular flexibility index (Phi) is 8.24. The smallest absolute Gasteiger partial charge is 0.369 e. The number of piperazine rings is 1. The van der Waals surface area contributed by atoms with E-state index in [4.69, 9.17) is 0 Å². The van der Waals surface area contributed by atoms with E-state index in [-0.39, 0.29) is 30.9 Å². The molecule has 6 nitrogen and oxygen atoms in total. The number of carbonyl (C=O) groups excluding carboxylic acids is 2. The predicted octanol–water partition coefficient (Wildman–Crippen LogP) is 5.41. The van der Waals surface area contributed by atoms with Crippen molar-refractivity contribution in [1.29, 1.82) is 0 Å². The van der Waals surface area contributed by atoms with Gasteiger partial charge in [-0.25, -0.2) is 4.39 Å². The Hall–Kier alpha value is -3.49. The van der Waals surface area contributed by atoms with Gasteiger partial charge in [0.1, 0.15) is 5.82 Å². The van der Waals surface area contributed by atoms with Gasteiger partial charge >= 0.3 is 12.4 Å². The molecule has 0 bridgehead atoms. The molecule has 40 heavy (non-hydrogen) atoms. The SMILES string of the molecule is O=C(Nc1ccc(C(=O)N2CCN(Cc3ccc(C(O)(C(F)(F)F)C(F)(F)F)cc3)CC2)cc1F)c1cccs1. The largest absolute Gasteiger partial charge is 0.430 e. The van der Waals surface area contributed by atoms with Crippen molar-refractivity contribution in [3.8, 4) is 0 Å². The number of alkyl halides is 6. The number of thiophene rings is 1. The van der Waals surface area contributed by atoms with Gasteiger partial charge in [0, 0.05) is 43.9 Å². The van der Waals surface area contributed by atoms with Crippen LogP contribution in [0.4, 0.5) is 36.4 Å². The van der Waals surface area contributed by atoms with Gasteiger partial charge in [-0.3, -0.25) is 14.5 Å². The topological polar surface area (TPSA) is 72.9 Å². The fourth-order valence-electron chi connectivity index (χ4n) is 4.23. The highest BCUT2D eigenvalue weighted by molar-refractivity contribution is 7.12. The highest BCUT2D eigenvalue weighted by atomic mass is 32.1. The molecular weight excluding hydrogens is 567 g/mol. The Morgan fingerprint density at radius 3 is 2.05 bits per heavy atom. The van der Waals surface area contributed by atoms with Crippen molar-refractivity contribution in [2.75, 3.05) is 31.5 Å². The van der Waals surface area contributed by atoms with E-state index in [2.05, 4.69) is 5.32 Å². The minimum atomic E-state index is -5.96. The number of nitrogens with zero attached hydrogens (tertiary/aromatic N) is 2. The molecule has 4 rings (SSSR count). The van der Waals surface area contributed by atoms with Crippen molar-refractivity contribution in [2.45, 2.75) is 24.5 Å². The summed E-state index contributed by atoms with van der Waals surface area (Å²) in [6.07, 6.45) is -11.9. The fraction of sp³-hybridized carbons (Fsp3) is 0.308. The lowest BCUT2D eigenvalue weighted by Gasteiger charge is -2.35. The molecule has 1 aliphatic rings. The van der Waals surface area contributed by atoms with E-state index in [1.807, 2.05) is 4.90 Å². The maximum absolute atomic E-state index is 14.6. The number of aliphatic hydroxyl groups is 1. The number of hydrogen-bond acceptors (Lipinski definition) is 5. The van der Waals surface area contributed by atoms with Crippen LogP contribution in [0.2, 0.25) is 0 Å². The summed E-state index contributed by atoms with van der Waals surface area (Å²) in [7, 11) is 0. The molecule has 1 saturated heterocycles. The Bertz CT molecular complexity index is 1340. The molecule has 2 aromatic carbocycles. The number of anilines is 1. The third kappa shape index (κ3) is 5.98. The molecule has 2 N–H and O–H groups in total. The van der Waals surface area contributed by atoms with Crippen molar-refractivity contribution in [3.63, 3.8) is 0 Å². The molecule has 0 radical (unpaired) electrons. The molecule has 0 atom stereocenters. The zero-order valence-electron chi connectivity index (χ0n) is 20.5. The van der Waals surface area contributed by atoms with Gasteiger partial charge in [0.2, 0.25) is 0 Å². The summed E-state index contributed by atoms with van der Waals surface area (Å²) >= 11 is 1.20. The third-order valence-electron chi connectivity index (χ3n) is 6.47. The molecule has 1 aliphatic heterocycles. The van der Waals surface area contributed by atoms with Gasteiger partial charge < -0.3 is 15.3 Å². The summed E-state index contributed by atoms with van der Waals surface area (Å²) in [4.78, 5) is 28.8. The average Bonchev–Trinajstić information content (AvgIpc) is 3.44. The summed E-state index contributed by atoms with van der Waals surface area (Å²) in [6.45, 7) is 1.38. The molecule has 1 fully saturated rings. The molecule has 0 spiro atoms. The second-order valence-corrected chi connectivity index (χ2v) is 10.0. The molecule has 0 unspecified atom stereocenters. The van der Waals surface area contributed by atoms with E-state index in [9.17, 15) is 45.4 Å². The minimum Gasteiger partial charge on any atom is -0.369 e. The van der Waals surface area contributed by atoms with Crippen LogP contribution in [0.3, 0.4) is 0 Å². The summed E-state index contributed by atoms with van der Waals surface area (Å²) in [6, 6.07) is 10.3. The zero-order chi connectivity index (χ0) is 29.3. The van der Waals surface area contributed by atoms with Gasteiger partial charge in [-0.1, -0.05) is 30.3 Å². The first-order valence-electron chi connectivity index (χ1n) is 11.8. The molecule has 0 saturated carbocycles. The highest BCUT2D eigenvalue weighted by Gasteiger charge is 2.71. The van der Waals surface area contributed by atoms with Crippen LogP contribution >= 0.6 is 11.3 Å². The van der Waals surface area contributed by atoms with Gasteiger partial charge in [-0.2, -0.15) is 26.3 Å². The van der Waals surface area contributed by atoms with Crippen LogP contribution < -0.4 is 5.32 Å². The lowest BCUT2D eigenvalue weighted by molar-refractivity contribution is -0.376. The number of amides is 2. The van der Waals surface area contributed by atoms with Crippen LogP contribution in [-0.2, 0) is 12.1 Å². The van der Waals surface area contributed by atoms with Crippen molar-refractivity contribution < 1.29 is 45.4 Å². The van der Waals surface area contributed by atoms with E-state index in [1.165, 1.54) is 28.4 Å². The first-order valence-corrected chi connectivity index (χ1v) is 12.7. The van der Waals surface area contributed by atoms with Gasteiger partial charge in [0.15, 0.2) is 0 Å². The van der Waals surface area contributed by atoms with Crippen molar-refractivity contribution in [1.82, 2.24) is 9.80 Å². The number of rotatable bonds is 6. The van der Waals surface area contributed by atoms with Crippen molar-refractivity contribution >= 4 is 28.8 Å². The Morgan fingerprint density at radius 1 is 0.900 bits per heavy atom. The quantitative estimate of drug-likeness (QED) is 0.378. The van der Waals surface area contributed by atoms with Crippen LogP contribution in [-0.4, -0.2) is 65.3 Å². The maximum Gasteiger partial charge on any atom is 0.430 e. The lowest BCUT2D eigenvalue weighted by atomic mass is 9.91. The number of benzene rings is 2. The summed E-state index contributed by atoms with van der Waals surface area (Å²) in [5, 5.41) is 13.7. The van der Waals surface area contributed by atoms with Crippen LogP contribution in [0.25, 0.3) is 0 Å². The van der Waals surface area contributed by atoms with Crippen LogP contribution in [0.1, 0.15) is 31.2 Å². The number of nitrogens with one attached hydrogen (secondary N) is 1. The van der Waals surface area contributed by atoms with E-state index < -0.39 is 41.1 Å². The molecule has 14 heteroatoms. The number of hydrogen-bond donors (Lipinski definition) is 2. The summed E-state index contributed by atoms with van der Waals surface area (Å²) in [5.74, 6) is -1.69. The van der Waals surface area contributed by atoms with Crippen LogP contribution in [0, 0.1) is 5.82 Å². The molecular formula is C26H22F7N3O3S. The van der Waals surface area contributed by atoms with Crippen molar-refractivity contribution in [3.05, 3.63) is 87.4 Å². The van der Waals surface area contributed by atoms with E-state index in [0.29, 0.717) is 35.7 Å². The minimum absolute atomic E-state index is 0.0744. The Labute approximate surface area is 227 Å². The fourth-order valence-corrected chi connectivity index (χ4v) is 4.85. The zero-order valence-corrected chi connectivity index (χ0v) is 21.3. The molecule has 214 valence electrons. The normalized spacial score (nSPS) is 15.2. The second-order valence-electron chi connectivity index (χ2n) is 9.10. The average molecular weight is 590 g/mol. The molecule has 1 aromatic heterocycles. The number of carbonyl (C=O) groups is 2. The van der Waals surface area contributed by atoms with E-state index >= 15 is 0 Å². The van der Waals surface area contributed by atoms with Gasteiger partial charge in [0.05, 0.1) is 10.6 Å². The summed E-state index contributed by atoms with van der Waals surface area (Å²) < 4.78 is 93.1. The maximum atomic E-state index is 14.6. The third-order valence-corrected chi connectivity index (χ3v) is 7.34. The van der Waals surface area contributed by atoms with Gasteiger partial charge in [-0.15, -0.1) is 11.3 Å². The molecule has 0 aliphatic carbocycles. The predicted molar refractivity (Wildman–Crippen MR) is 132 cm³/mol. The summed E-state index contributed by atoms with van der Waals surface area (Å²) in [5.41, 5.74) is -5.90. The van der Waals surface area contributed by atoms with Gasteiger partial charge in [0.25, 0.3) is 17.4 Å². The van der Waals surface area contributed by atoms with E-state index in [1.54, 1.807) is 17.5 Å².